The van der Waals surface area contributed by atoms with Crippen LogP contribution in [0, 0.1) is 11.8 Å². The van der Waals surface area contributed by atoms with E-state index < -0.39 is 12.1 Å². The summed E-state index contributed by atoms with van der Waals surface area (Å²) in [5.41, 5.74) is 7.33. The number of carboxylic acids is 1. The number of aryl methyl sites for hydroxylation is 1. The predicted octanol–water partition coefficient (Wildman–Crippen LogP) is 9.09. The Morgan fingerprint density at radius 2 is 1.46 bits per heavy atom. The summed E-state index contributed by atoms with van der Waals surface area (Å²) in [5.74, 6) is -0.842. The van der Waals surface area contributed by atoms with Crippen LogP contribution < -0.4 is 5.32 Å². The van der Waals surface area contributed by atoms with Crippen molar-refractivity contribution in [1.82, 2.24) is 25.1 Å². The van der Waals surface area contributed by atoms with Crippen LogP contribution in [0.15, 0.2) is 104 Å². The Morgan fingerprint density at radius 1 is 0.797 bits per heavy atom. The quantitative estimate of drug-likeness (QED) is 0.103. The largest absolute Gasteiger partial charge is 0.490 e. The summed E-state index contributed by atoms with van der Waals surface area (Å²) in [6.45, 7) is 5.20. The molecule has 0 spiro atoms. The van der Waals surface area contributed by atoms with E-state index in [0.717, 1.165) is 77.5 Å². The second-order valence-corrected chi connectivity index (χ2v) is 15.7. The molecule has 2 aliphatic rings. The lowest BCUT2D eigenvalue weighted by atomic mass is 9.87. The van der Waals surface area contributed by atoms with E-state index in [0.29, 0.717) is 25.9 Å². The normalized spacial score (nSPS) is 15.1. The van der Waals surface area contributed by atoms with E-state index in [2.05, 4.69) is 62.6 Å². The van der Waals surface area contributed by atoms with E-state index in [4.69, 9.17) is 9.90 Å². The molecule has 59 heavy (non-hydrogen) atoms. The second-order valence-electron chi connectivity index (χ2n) is 15.7. The molecule has 2 aromatic heterocycles. The fourth-order valence-electron chi connectivity index (χ4n) is 8.22. The monoisotopic (exact) mass is 809 g/mol. The minimum absolute atomic E-state index is 0.134. The van der Waals surface area contributed by atoms with Gasteiger partial charge in [0, 0.05) is 67.7 Å². The number of rotatable bonds is 14. The number of hydrogen-bond donors (Lipinski definition) is 3. The number of pyridine rings is 1. The Hall–Kier alpha value is -5.49. The Balaban J connectivity index is 0.000000768. The highest BCUT2D eigenvalue weighted by Gasteiger charge is 2.38. The van der Waals surface area contributed by atoms with Crippen LogP contribution in [0.1, 0.15) is 78.4 Å². The molecule has 312 valence electrons. The maximum Gasteiger partial charge on any atom is 0.490 e. The van der Waals surface area contributed by atoms with E-state index in [9.17, 15) is 22.8 Å². The van der Waals surface area contributed by atoms with Crippen LogP contribution in [-0.4, -0.2) is 81.6 Å². The molecule has 0 unspecified atom stereocenters. The van der Waals surface area contributed by atoms with Crippen molar-refractivity contribution in [2.24, 2.45) is 11.8 Å². The van der Waals surface area contributed by atoms with Gasteiger partial charge >= 0.3 is 12.1 Å². The van der Waals surface area contributed by atoms with Crippen LogP contribution >= 0.6 is 0 Å². The zero-order valence-electron chi connectivity index (χ0n) is 33.4. The first kappa shape index (κ1) is 43.1. The van der Waals surface area contributed by atoms with Crippen LogP contribution in [0.2, 0.25) is 0 Å². The topological polar surface area (TPSA) is 119 Å². The number of likely N-dealkylation sites (tertiary alicyclic amines) is 1. The molecule has 5 aromatic rings. The van der Waals surface area contributed by atoms with Gasteiger partial charge in [-0.05, 0) is 128 Å². The van der Waals surface area contributed by atoms with Gasteiger partial charge in [-0.1, -0.05) is 67.8 Å². The first-order chi connectivity index (χ1) is 28.5. The number of aromatic nitrogens is 2. The average Bonchev–Trinajstić information content (AvgIpc) is 3.68. The van der Waals surface area contributed by atoms with Crippen LogP contribution in [0.25, 0.3) is 22.0 Å². The molecule has 2 fully saturated rings. The third-order valence-electron chi connectivity index (χ3n) is 11.6. The van der Waals surface area contributed by atoms with Gasteiger partial charge in [-0.15, -0.1) is 0 Å². The number of benzene rings is 3. The number of alkyl halides is 3. The lowest BCUT2D eigenvalue weighted by Gasteiger charge is -2.32. The van der Waals surface area contributed by atoms with Crippen molar-refractivity contribution in [3.63, 3.8) is 0 Å². The van der Waals surface area contributed by atoms with Gasteiger partial charge in [-0.2, -0.15) is 13.2 Å². The maximum absolute atomic E-state index is 13.8. The highest BCUT2D eigenvalue weighted by molar-refractivity contribution is 5.95. The molecule has 2 aliphatic heterocycles. The van der Waals surface area contributed by atoms with Crippen molar-refractivity contribution in [1.29, 1.82) is 0 Å². The van der Waals surface area contributed by atoms with Gasteiger partial charge in [0.25, 0.3) is 5.91 Å². The van der Waals surface area contributed by atoms with Crippen LogP contribution in [0.5, 0.6) is 0 Å². The summed E-state index contributed by atoms with van der Waals surface area (Å²) in [7, 11) is 0. The Labute approximate surface area is 344 Å². The molecule has 3 aromatic carbocycles. The molecule has 4 heterocycles. The number of amides is 2. The summed E-state index contributed by atoms with van der Waals surface area (Å²) in [4.78, 5) is 47.9. The van der Waals surface area contributed by atoms with Gasteiger partial charge in [0.15, 0.2) is 0 Å². The fraction of sp³-hybridized carbons (Fsp3) is 0.404. The average molecular weight is 810 g/mol. The summed E-state index contributed by atoms with van der Waals surface area (Å²) in [5, 5.41) is 11.8. The van der Waals surface area contributed by atoms with Crippen LogP contribution in [0.4, 0.5) is 13.2 Å². The van der Waals surface area contributed by atoms with Gasteiger partial charge in [0.05, 0.1) is 0 Å². The number of piperidine rings is 2. The summed E-state index contributed by atoms with van der Waals surface area (Å²) < 4.78 is 31.7. The number of aliphatic carboxylic acids is 1. The molecular formula is C47H54F3N5O4. The fourth-order valence-corrected chi connectivity index (χ4v) is 8.22. The Bertz CT molecular complexity index is 2120. The van der Waals surface area contributed by atoms with E-state index in [1.165, 1.54) is 56.1 Å². The van der Waals surface area contributed by atoms with Crippen molar-refractivity contribution >= 4 is 28.7 Å². The molecule has 2 saturated heterocycles. The summed E-state index contributed by atoms with van der Waals surface area (Å²) in [6.07, 6.45) is 11.3. The number of para-hydroxylation sites is 1. The first-order valence-corrected chi connectivity index (χ1v) is 20.7. The van der Waals surface area contributed by atoms with Crippen molar-refractivity contribution in [3.05, 3.63) is 126 Å². The molecule has 0 atom stereocenters. The van der Waals surface area contributed by atoms with Gasteiger partial charge < -0.3 is 25.2 Å². The van der Waals surface area contributed by atoms with E-state index in [-0.39, 0.29) is 11.8 Å². The Morgan fingerprint density at radius 3 is 2.17 bits per heavy atom. The third-order valence-corrected chi connectivity index (χ3v) is 11.6. The molecule has 7 rings (SSSR count). The number of fused-ring (bicyclic) bond motifs is 1. The standard InChI is InChI=1S/C45H53N5O2.C2HF3O2/c51-44(15-14-41-32-48-43-13-2-1-12-42(41)43)50(29-22-36-18-25-47-26-19-36)33-37-8-4-9-38(30-37)39-10-5-11-40(31-39)45(52)49-27-20-35(21-28-49)7-3-6-34-16-23-46-24-17-34;3-2(4,5)1(6)7/h1-2,4-5,8-13,18-19,25-26,30-32,34-35,46,48H,3,6-7,14-17,20-24,27-29,33H2;(H,6,7). The number of hydrogen-bond acceptors (Lipinski definition) is 5. The molecule has 0 radical (unpaired) electrons. The number of halogens is 3. The maximum atomic E-state index is 13.8. The smallest absolute Gasteiger partial charge is 0.475 e. The molecule has 2 amide bonds. The number of nitrogens with zero attached hydrogens (tertiary/aromatic N) is 3. The third kappa shape index (κ3) is 12.7. The predicted molar refractivity (Wildman–Crippen MR) is 224 cm³/mol. The van der Waals surface area contributed by atoms with E-state index >= 15 is 0 Å². The molecule has 9 nitrogen and oxygen atoms in total. The SMILES string of the molecule is O=C(CCc1c[nH]c2ccccc12)N(CCc1ccncc1)Cc1cccc(-c2cccc(C(=O)N3CCC(CCCC4CCNCC4)CC3)c2)c1.O=C(O)C(F)(F)F. The van der Waals surface area contributed by atoms with Crippen LogP contribution in [-0.2, 0) is 29.0 Å². The molecule has 0 aliphatic carbocycles. The Kier molecular flexibility index (Phi) is 15.3. The zero-order chi connectivity index (χ0) is 41.6. The van der Waals surface area contributed by atoms with E-state index in [1.807, 2.05) is 53.6 Å². The lowest BCUT2D eigenvalue weighted by molar-refractivity contribution is -0.192. The first-order valence-electron chi connectivity index (χ1n) is 20.7. The highest BCUT2D eigenvalue weighted by atomic mass is 19.4. The van der Waals surface area contributed by atoms with E-state index in [1.54, 1.807) is 12.4 Å². The van der Waals surface area contributed by atoms with Gasteiger partial charge in [0.2, 0.25) is 5.91 Å². The van der Waals surface area contributed by atoms with Gasteiger partial charge in [-0.25, -0.2) is 4.79 Å². The van der Waals surface area contributed by atoms with Gasteiger partial charge in [-0.3, -0.25) is 14.6 Å². The lowest BCUT2D eigenvalue weighted by Crippen LogP contribution is -2.38. The number of carboxylic acid groups (broad SMARTS) is 1. The number of carbonyl (C=O) groups excluding carboxylic acids is 2. The summed E-state index contributed by atoms with van der Waals surface area (Å²) in [6, 6.07) is 28.8. The minimum atomic E-state index is -5.08. The zero-order valence-corrected chi connectivity index (χ0v) is 33.4. The number of carbonyl (C=O) groups is 3. The second kappa shape index (κ2) is 21.0. The molecule has 3 N–H and O–H groups in total. The summed E-state index contributed by atoms with van der Waals surface area (Å²) >= 11 is 0. The van der Waals surface area contributed by atoms with Crippen molar-refractivity contribution < 1.29 is 32.7 Å². The molecule has 0 bridgehead atoms. The number of nitrogens with one attached hydrogen (secondary N) is 2. The number of H-pyrrole nitrogens is 1. The minimum Gasteiger partial charge on any atom is -0.475 e. The molecule has 0 saturated carbocycles. The van der Waals surface area contributed by atoms with Gasteiger partial charge in [0.1, 0.15) is 0 Å². The van der Waals surface area contributed by atoms with Crippen molar-refractivity contribution in [3.8, 4) is 11.1 Å². The number of aromatic amines is 1. The van der Waals surface area contributed by atoms with Crippen molar-refractivity contribution in [2.75, 3.05) is 32.7 Å². The van der Waals surface area contributed by atoms with Crippen LogP contribution in [0.3, 0.4) is 0 Å². The molecule has 12 heteroatoms. The molecular weight excluding hydrogens is 756 g/mol. The van der Waals surface area contributed by atoms with Crippen molar-refractivity contribution in [2.45, 2.75) is 76.9 Å². The highest BCUT2D eigenvalue weighted by Crippen LogP contribution is 2.28.